The van der Waals surface area contributed by atoms with Crippen molar-refractivity contribution in [2.75, 3.05) is 5.73 Å². The number of hydrogen-bond donors (Lipinski definition) is 1. The van der Waals surface area contributed by atoms with Crippen LogP contribution in [-0.2, 0) is 6.42 Å². The van der Waals surface area contributed by atoms with Gasteiger partial charge in [-0.05, 0) is 31.9 Å². The van der Waals surface area contributed by atoms with Crippen molar-refractivity contribution < 1.29 is 0 Å². The molecule has 2 N–H and O–H groups in total. The molecule has 1 aromatic heterocycles. The van der Waals surface area contributed by atoms with E-state index in [4.69, 9.17) is 5.73 Å². The van der Waals surface area contributed by atoms with E-state index in [1.807, 2.05) is 6.92 Å². The molecule has 3 heteroatoms. The average molecular weight is 232 g/mol. The van der Waals surface area contributed by atoms with Gasteiger partial charge in [-0.2, -0.15) is 0 Å². The molecular weight excluding hydrogens is 216 g/mol. The van der Waals surface area contributed by atoms with Crippen LogP contribution in [0.1, 0.15) is 27.3 Å². The summed E-state index contributed by atoms with van der Waals surface area (Å²) in [5.74, 6) is 0. The van der Waals surface area contributed by atoms with Crippen molar-refractivity contribution in [3.05, 3.63) is 45.5 Å². The lowest BCUT2D eigenvalue weighted by Gasteiger charge is -2.05. The quantitative estimate of drug-likeness (QED) is 0.863. The Balaban J connectivity index is 2.30. The first-order chi connectivity index (χ1) is 7.56. The molecular formula is C13H16N2S. The molecule has 2 nitrogen and oxygen atoms in total. The Morgan fingerprint density at radius 3 is 2.56 bits per heavy atom. The van der Waals surface area contributed by atoms with Crippen molar-refractivity contribution in [1.29, 1.82) is 0 Å². The summed E-state index contributed by atoms with van der Waals surface area (Å²) in [6.45, 7) is 6.29. The fraction of sp³-hybridized carbons (Fsp3) is 0.308. The van der Waals surface area contributed by atoms with Crippen molar-refractivity contribution in [3.63, 3.8) is 0 Å². The van der Waals surface area contributed by atoms with Crippen LogP contribution < -0.4 is 5.73 Å². The molecule has 84 valence electrons. The molecule has 0 aliphatic carbocycles. The van der Waals surface area contributed by atoms with Crippen molar-refractivity contribution >= 4 is 16.5 Å². The molecule has 0 saturated carbocycles. The summed E-state index contributed by atoms with van der Waals surface area (Å²) < 4.78 is 0. The van der Waals surface area contributed by atoms with Gasteiger partial charge in [0.05, 0.1) is 5.69 Å². The maximum absolute atomic E-state index is 5.70. The molecule has 0 aliphatic heterocycles. The van der Waals surface area contributed by atoms with Crippen LogP contribution in [0.25, 0.3) is 0 Å². The van der Waals surface area contributed by atoms with Crippen molar-refractivity contribution in [3.8, 4) is 0 Å². The number of nitrogens with two attached hydrogens (primary N) is 1. The lowest BCUT2D eigenvalue weighted by atomic mass is 10.0. The lowest BCUT2D eigenvalue weighted by molar-refractivity contribution is 1.13. The third-order valence-electron chi connectivity index (χ3n) is 2.76. The molecule has 0 bridgehead atoms. The summed E-state index contributed by atoms with van der Waals surface area (Å²) in [5, 5.41) is 0.664. The smallest absolute Gasteiger partial charge is 0.180 e. The van der Waals surface area contributed by atoms with Gasteiger partial charge in [-0.3, -0.25) is 0 Å². The van der Waals surface area contributed by atoms with Crippen LogP contribution in [0.2, 0.25) is 0 Å². The van der Waals surface area contributed by atoms with Crippen LogP contribution in [0, 0.1) is 20.8 Å². The average Bonchev–Trinajstić information content (AvgIpc) is 2.50. The van der Waals surface area contributed by atoms with Gasteiger partial charge in [-0.25, -0.2) is 4.98 Å². The first kappa shape index (κ1) is 11.1. The minimum Gasteiger partial charge on any atom is -0.375 e. The normalized spacial score (nSPS) is 10.7. The predicted molar refractivity (Wildman–Crippen MR) is 70.0 cm³/mol. The fourth-order valence-corrected chi connectivity index (χ4v) is 2.69. The zero-order valence-corrected chi connectivity index (χ0v) is 10.7. The summed E-state index contributed by atoms with van der Waals surface area (Å²) in [5.41, 5.74) is 10.8. The molecule has 0 aliphatic rings. The molecule has 0 atom stereocenters. The second-order valence-electron chi connectivity index (χ2n) is 4.17. The number of aryl methyl sites for hydroxylation is 3. The molecule has 0 saturated heterocycles. The first-order valence-electron chi connectivity index (χ1n) is 5.34. The fourth-order valence-electron chi connectivity index (χ4n) is 1.83. The van der Waals surface area contributed by atoms with Gasteiger partial charge in [0.2, 0.25) is 0 Å². The minimum atomic E-state index is 0.664. The van der Waals surface area contributed by atoms with Crippen molar-refractivity contribution in [2.45, 2.75) is 27.2 Å². The Hall–Kier alpha value is -1.35. The third kappa shape index (κ3) is 2.25. The van der Waals surface area contributed by atoms with Gasteiger partial charge in [0.15, 0.2) is 5.13 Å². The molecule has 1 heterocycles. The Kier molecular flexibility index (Phi) is 2.97. The van der Waals surface area contributed by atoms with E-state index < -0.39 is 0 Å². The summed E-state index contributed by atoms with van der Waals surface area (Å²) in [7, 11) is 0. The molecule has 1 aromatic carbocycles. The second-order valence-corrected chi connectivity index (χ2v) is 5.28. The Morgan fingerprint density at radius 1 is 1.25 bits per heavy atom. The summed E-state index contributed by atoms with van der Waals surface area (Å²) in [4.78, 5) is 5.52. The highest BCUT2D eigenvalue weighted by Crippen LogP contribution is 2.24. The molecule has 0 radical (unpaired) electrons. The SMILES string of the molecule is Cc1ccc(Cc2sc(N)nc2C)c(C)c1. The highest BCUT2D eigenvalue weighted by Gasteiger charge is 2.07. The summed E-state index contributed by atoms with van der Waals surface area (Å²) >= 11 is 1.59. The van der Waals surface area contributed by atoms with Crippen LogP contribution in [0.5, 0.6) is 0 Å². The Morgan fingerprint density at radius 2 is 2.00 bits per heavy atom. The van der Waals surface area contributed by atoms with Gasteiger partial charge >= 0.3 is 0 Å². The van der Waals surface area contributed by atoms with Gasteiger partial charge in [-0.1, -0.05) is 23.8 Å². The number of rotatable bonds is 2. The Bertz CT molecular complexity index is 515. The first-order valence-corrected chi connectivity index (χ1v) is 6.16. The van der Waals surface area contributed by atoms with Crippen LogP contribution >= 0.6 is 11.3 Å². The zero-order valence-electron chi connectivity index (χ0n) is 9.87. The van der Waals surface area contributed by atoms with Crippen molar-refractivity contribution in [1.82, 2.24) is 4.98 Å². The molecule has 0 fully saturated rings. The Labute approximate surface area is 100 Å². The maximum atomic E-state index is 5.70. The molecule has 2 rings (SSSR count). The van der Waals surface area contributed by atoms with Crippen LogP contribution in [0.15, 0.2) is 18.2 Å². The van der Waals surface area contributed by atoms with Gasteiger partial charge in [0, 0.05) is 11.3 Å². The monoisotopic (exact) mass is 232 g/mol. The number of aromatic nitrogens is 1. The molecule has 0 unspecified atom stereocenters. The topological polar surface area (TPSA) is 38.9 Å². The van der Waals surface area contributed by atoms with E-state index in [2.05, 4.69) is 37.0 Å². The highest BCUT2D eigenvalue weighted by atomic mass is 32.1. The van der Waals surface area contributed by atoms with E-state index in [-0.39, 0.29) is 0 Å². The standard InChI is InChI=1S/C13H16N2S/c1-8-4-5-11(9(2)6-8)7-12-10(3)15-13(14)16-12/h4-6H,7H2,1-3H3,(H2,14,15). The van der Waals surface area contributed by atoms with Crippen molar-refractivity contribution in [2.24, 2.45) is 0 Å². The maximum Gasteiger partial charge on any atom is 0.180 e. The van der Waals surface area contributed by atoms with Crippen LogP contribution in [-0.4, -0.2) is 4.98 Å². The summed E-state index contributed by atoms with van der Waals surface area (Å²) in [6, 6.07) is 6.57. The van der Waals surface area contributed by atoms with E-state index in [0.717, 1.165) is 12.1 Å². The highest BCUT2D eigenvalue weighted by molar-refractivity contribution is 7.15. The lowest BCUT2D eigenvalue weighted by Crippen LogP contribution is -1.92. The largest absolute Gasteiger partial charge is 0.375 e. The van der Waals surface area contributed by atoms with E-state index in [0.29, 0.717) is 5.13 Å². The van der Waals surface area contributed by atoms with Gasteiger partial charge in [-0.15, -0.1) is 11.3 Å². The molecule has 0 amide bonds. The number of benzene rings is 1. The minimum absolute atomic E-state index is 0.664. The predicted octanol–water partition coefficient (Wildman–Crippen LogP) is 3.24. The van der Waals surface area contributed by atoms with Gasteiger partial charge in [0.1, 0.15) is 0 Å². The molecule has 16 heavy (non-hydrogen) atoms. The van der Waals surface area contributed by atoms with E-state index >= 15 is 0 Å². The number of hydrogen-bond acceptors (Lipinski definition) is 3. The number of thiazole rings is 1. The van der Waals surface area contributed by atoms with E-state index in [9.17, 15) is 0 Å². The number of nitrogens with zero attached hydrogens (tertiary/aromatic N) is 1. The van der Waals surface area contributed by atoms with Crippen LogP contribution in [0.4, 0.5) is 5.13 Å². The third-order valence-corrected chi connectivity index (χ3v) is 3.74. The zero-order chi connectivity index (χ0) is 11.7. The van der Waals surface area contributed by atoms with Gasteiger partial charge in [0.25, 0.3) is 0 Å². The summed E-state index contributed by atoms with van der Waals surface area (Å²) in [6.07, 6.45) is 0.937. The van der Waals surface area contributed by atoms with E-state index in [1.165, 1.54) is 21.6 Å². The molecule has 0 spiro atoms. The van der Waals surface area contributed by atoms with E-state index in [1.54, 1.807) is 11.3 Å². The van der Waals surface area contributed by atoms with Crippen LogP contribution in [0.3, 0.4) is 0 Å². The number of anilines is 1. The second kappa shape index (κ2) is 4.26. The number of nitrogen functional groups attached to an aromatic ring is 1. The van der Waals surface area contributed by atoms with Gasteiger partial charge < -0.3 is 5.73 Å². The molecule has 2 aromatic rings.